The molecule has 0 saturated heterocycles. The van der Waals surface area contributed by atoms with E-state index in [0.717, 1.165) is 12.1 Å². The normalized spacial score (nSPS) is 11.4. The smallest absolute Gasteiger partial charge is 0.373 e. The van der Waals surface area contributed by atoms with Crippen LogP contribution in [0.4, 0.5) is 24.8 Å². The highest BCUT2D eigenvalue weighted by Crippen LogP contribution is 2.32. The lowest BCUT2D eigenvalue weighted by Crippen LogP contribution is -2.19. The van der Waals surface area contributed by atoms with E-state index in [0.29, 0.717) is 12.4 Å². The van der Waals surface area contributed by atoms with Gasteiger partial charge in [-0.3, -0.25) is 0 Å². The van der Waals surface area contributed by atoms with Gasteiger partial charge >= 0.3 is 6.18 Å². The number of alkyl halides is 3. The monoisotopic (exact) mass is 233 g/mol. The van der Waals surface area contributed by atoms with Crippen LogP contribution in [0.15, 0.2) is 12.1 Å². The number of rotatable bonds is 3. The van der Waals surface area contributed by atoms with Gasteiger partial charge in [-0.05, 0) is 19.1 Å². The van der Waals surface area contributed by atoms with E-state index in [-0.39, 0.29) is 5.82 Å². The van der Waals surface area contributed by atoms with Crippen molar-refractivity contribution in [3.8, 4) is 0 Å². The minimum atomic E-state index is -4.35. The van der Waals surface area contributed by atoms with E-state index >= 15 is 0 Å². The number of anilines is 2. The number of aromatic nitrogens is 1. The Balaban J connectivity index is 3.21. The van der Waals surface area contributed by atoms with E-state index in [1.54, 1.807) is 11.9 Å². The Morgan fingerprint density at radius 2 is 2.00 bits per heavy atom. The third kappa shape index (κ3) is 2.77. The van der Waals surface area contributed by atoms with Gasteiger partial charge in [-0.2, -0.15) is 13.2 Å². The zero-order valence-corrected chi connectivity index (χ0v) is 9.39. The standard InChI is InChI=1S/C10H14F3N3/c1-4-16(3)9-6-7(10(11,12)13)5-8(14-2)15-9/h5-6H,4H2,1-3H3,(H,14,15). The lowest BCUT2D eigenvalue weighted by Gasteiger charge is -2.18. The molecule has 0 bridgehead atoms. The maximum absolute atomic E-state index is 12.6. The van der Waals surface area contributed by atoms with Crippen LogP contribution in [0.2, 0.25) is 0 Å². The number of hydrogen-bond acceptors (Lipinski definition) is 3. The fourth-order valence-corrected chi connectivity index (χ4v) is 1.17. The first-order chi connectivity index (χ1) is 7.38. The summed E-state index contributed by atoms with van der Waals surface area (Å²) in [5.41, 5.74) is -0.692. The van der Waals surface area contributed by atoms with Crippen molar-refractivity contribution in [3.05, 3.63) is 17.7 Å². The molecule has 1 heterocycles. The van der Waals surface area contributed by atoms with Crippen molar-refractivity contribution in [3.63, 3.8) is 0 Å². The van der Waals surface area contributed by atoms with Gasteiger partial charge in [0.2, 0.25) is 0 Å². The number of hydrogen-bond donors (Lipinski definition) is 1. The van der Waals surface area contributed by atoms with Crippen LogP contribution in [0, 0.1) is 0 Å². The quantitative estimate of drug-likeness (QED) is 0.869. The van der Waals surface area contributed by atoms with E-state index in [1.165, 1.54) is 7.05 Å². The number of pyridine rings is 1. The van der Waals surface area contributed by atoms with Crippen molar-refractivity contribution in [2.75, 3.05) is 30.9 Å². The van der Waals surface area contributed by atoms with E-state index in [1.807, 2.05) is 6.92 Å². The van der Waals surface area contributed by atoms with Crippen molar-refractivity contribution in [2.24, 2.45) is 0 Å². The van der Waals surface area contributed by atoms with E-state index < -0.39 is 11.7 Å². The summed E-state index contributed by atoms with van der Waals surface area (Å²) in [7, 11) is 3.24. The summed E-state index contributed by atoms with van der Waals surface area (Å²) in [6, 6.07) is 2.04. The molecule has 0 radical (unpaired) electrons. The van der Waals surface area contributed by atoms with Crippen LogP contribution in [0.1, 0.15) is 12.5 Å². The molecule has 0 atom stereocenters. The van der Waals surface area contributed by atoms with Crippen LogP contribution < -0.4 is 10.2 Å². The van der Waals surface area contributed by atoms with Crippen LogP contribution in [0.5, 0.6) is 0 Å². The van der Waals surface area contributed by atoms with Gasteiger partial charge in [0.1, 0.15) is 11.6 Å². The SMILES string of the molecule is CCN(C)c1cc(C(F)(F)F)cc(NC)n1. The molecule has 16 heavy (non-hydrogen) atoms. The van der Waals surface area contributed by atoms with Crippen molar-refractivity contribution >= 4 is 11.6 Å². The van der Waals surface area contributed by atoms with Gasteiger partial charge in [-0.1, -0.05) is 0 Å². The lowest BCUT2D eigenvalue weighted by molar-refractivity contribution is -0.137. The van der Waals surface area contributed by atoms with Crippen LogP contribution in [-0.4, -0.2) is 25.6 Å². The Kier molecular flexibility index (Phi) is 3.62. The highest BCUT2D eigenvalue weighted by atomic mass is 19.4. The molecule has 0 fully saturated rings. The molecule has 0 aliphatic carbocycles. The fourth-order valence-electron chi connectivity index (χ4n) is 1.17. The molecule has 90 valence electrons. The van der Waals surface area contributed by atoms with Crippen LogP contribution >= 0.6 is 0 Å². The van der Waals surface area contributed by atoms with E-state index in [2.05, 4.69) is 10.3 Å². The molecule has 0 aromatic carbocycles. The molecule has 0 saturated carbocycles. The predicted molar refractivity (Wildman–Crippen MR) is 57.7 cm³/mol. The largest absolute Gasteiger partial charge is 0.416 e. The molecule has 0 amide bonds. The number of nitrogens with zero attached hydrogens (tertiary/aromatic N) is 2. The van der Waals surface area contributed by atoms with E-state index in [9.17, 15) is 13.2 Å². The molecule has 1 rings (SSSR count). The van der Waals surface area contributed by atoms with Gasteiger partial charge in [0.05, 0.1) is 5.56 Å². The fraction of sp³-hybridized carbons (Fsp3) is 0.500. The Labute approximate surface area is 92.3 Å². The predicted octanol–water partition coefficient (Wildman–Crippen LogP) is 2.60. The second kappa shape index (κ2) is 4.59. The molecule has 3 nitrogen and oxygen atoms in total. The highest BCUT2D eigenvalue weighted by molar-refractivity contribution is 5.50. The van der Waals surface area contributed by atoms with Crippen LogP contribution in [0.25, 0.3) is 0 Å². The summed E-state index contributed by atoms with van der Waals surface area (Å²) in [6.45, 7) is 2.44. The molecule has 1 aromatic heterocycles. The van der Waals surface area contributed by atoms with E-state index in [4.69, 9.17) is 0 Å². The van der Waals surface area contributed by atoms with Crippen molar-refractivity contribution in [1.82, 2.24) is 4.98 Å². The summed E-state index contributed by atoms with van der Waals surface area (Å²) in [4.78, 5) is 5.70. The summed E-state index contributed by atoms with van der Waals surface area (Å²) in [5, 5.41) is 2.62. The summed E-state index contributed by atoms with van der Waals surface area (Å²) >= 11 is 0. The van der Waals surface area contributed by atoms with Gasteiger partial charge in [0, 0.05) is 20.6 Å². The minimum Gasteiger partial charge on any atom is -0.373 e. The first-order valence-electron chi connectivity index (χ1n) is 4.86. The lowest BCUT2D eigenvalue weighted by atomic mass is 10.2. The first-order valence-corrected chi connectivity index (χ1v) is 4.86. The Bertz CT molecular complexity index is 363. The minimum absolute atomic E-state index is 0.213. The van der Waals surface area contributed by atoms with Gasteiger partial charge < -0.3 is 10.2 Å². The zero-order chi connectivity index (χ0) is 12.3. The summed E-state index contributed by atoms with van der Waals surface area (Å²) < 4.78 is 37.7. The maximum Gasteiger partial charge on any atom is 0.416 e. The molecule has 0 unspecified atom stereocenters. The van der Waals surface area contributed by atoms with Crippen molar-refractivity contribution < 1.29 is 13.2 Å². The Hall–Kier alpha value is -1.46. The third-order valence-corrected chi connectivity index (χ3v) is 2.26. The molecule has 0 aliphatic heterocycles. The second-order valence-corrected chi connectivity index (χ2v) is 3.36. The first kappa shape index (κ1) is 12.6. The molecular formula is C10H14F3N3. The summed E-state index contributed by atoms with van der Waals surface area (Å²) in [5.74, 6) is 0.520. The molecule has 0 spiro atoms. The third-order valence-electron chi connectivity index (χ3n) is 2.26. The maximum atomic E-state index is 12.6. The van der Waals surface area contributed by atoms with Gasteiger partial charge in [-0.25, -0.2) is 4.98 Å². The highest BCUT2D eigenvalue weighted by Gasteiger charge is 2.31. The molecule has 6 heteroatoms. The van der Waals surface area contributed by atoms with Crippen molar-refractivity contribution in [2.45, 2.75) is 13.1 Å². The van der Waals surface area contributed by atoms with Crippen LogP contribution in [0.3, 0.4) is 0 Å². The Morgan fingerprint density at radius 1 is 1.38 bits per heavy atom. The number of nitrogens with one attached hydrogen (secondary N) is 1. The van der Waals surface area contributed by atoms with Crippen molar-refractivity contribution in [1.29, 1.82) is 0 Å². The molecule has 1 aromatic rings. The second-order valence-electron chi connectivity index (χ2n) is 3.36. The molecular weight excluding hydrogens is 219 g/mol. The topological polar surface area (TPSA) is 28.2 Å². The van der Waals surface area contributed by atoms with Gasteiger partial charge in [0.25, 0.3) is 0 Å². The summed E-state index contributed by atoms with van der Waals surface area (Å²) in [6.07, 6.45) is -4.35. The zero-order valence-electron chi connectivity index (χ0n) is 9.39. The average Bonchev–Trinajstić information content (AvgIpc) is 2.26. The molecule has 0 aliphatic rings. The number of halogens is 3. The average molecular weight is 233 g/mol. The van der Waals surface area contributed by atoms with Gasteiger partial charge in [-0.15, -0.1) is 0 Å². The molecule has 1 N–H and O–H groups in total. The van der Waals surface area contributed by atoms with Crippen LogP contribution in [-0.2, 0) is 6.18 Å². The van der Waals surface area contributed by atoms with Gasteiger partial charge in [0.15, 0.2) is 0 Å². The Morgan fingerprint density at radius 3 is 2.44 bits per heavy atom.